The molecule has 0 amide bonds. The summed E-state index contributed by atoms with van der Waals surface area (Å²) < 4.78 is 32.8. The van der Waals surface area contributed by atoms with Crippen LogP contribution in [0.3, 0.4) is 0 Å². The summed E-state index contributed by atoms with van der Waals surface area (Å²) in [5.74, 6) is 0. The monoisotopic (exact) mass is 281 g/mol. The first-order valence-electron chi connectivity index (χ1n) is 6.72. The largest absolute Gasteiger partial charge is 0.373 e. The Bertz CT molecular complexity index is 567. The summed E-state index contributed by atoms with van der Waals surface area (Å²) in [6.07, 6.45) is 1.86. The molecule has 0 aromatic heterocycles. The Morgan fingerprint density at radius 3 is 2.63 bits per heavy atom. The highest BCUT2D eigenvalue weighted by atomic mass is 32.2. The molecule has 2 aliphatic heterocycles. The van der Waals surface area contributed by atoms with E-state index in [4.69, 9.17) is 4.74 Å². The molecule has 2 heterocycles. The predicted octanol–water partition coefficient (Wildman–Crippen LogP) is 1.94. The maximum absolute atomic E-state index is 12.7. The maximum atomic E-state index is 12.7. The van der Waals surface area contributed by atoms with Crippen LogP contribution in [0.5, 0.6) is 0 Å². The van der Waals surface area contributed by atoms with Gasteiger partial charge in [-0.15, -0.1) is 0 Å². The number of nitrogens with zero attached hydrogens (tertiary/aromatic N) is 1. The molecule has 1 aromatic carbocycles. The van der Waals surface area contributed by atoms with E-state index in [2.05, 4.69) is 0 Å². The molecule has 0 unspecified atom stereocenters. The second kappa shape index (κ2) is 4.58. The second-order valence-electron chi connectivity index (χ2n) is 5.48. The van der Waals surface area contributed by atoms with Gasteiger partial charge in [0.25, 0.3) is 0 Å². The molecular formula is C14H19NO3S. The molecule has 1 aromatic rings. The lowest BCUT2D eigenvalue weighted by atomic mass is 10.0. The second-order valence-corrected chi connectivity index (χ2v) is 7.37. The molecular weight excluding hydrogens is 262 g/mol. The molecule has 4 nitrogen and oxygen atoms in total. The van der Waals surface area contributed by atoms with Gasteiger partial charge in [-0.2, -0.15) is 4.31 Å². The Morgan fingerprint density at radius 2 is 1.95 bits per heavy atom. The highest BCUT2D eigenvalue weighted by Gasteiger charge is 2.45. The van der Waals surface area contributed by atoms with Crippen LogP contribution in [0.4, 0.5) is 0 Å². The number of rotatable bonds is 2. The summed E-state index contributed by atoms with van der Waals surface area (Å²) in [5.41, 5.74) is 1.07. The van der Waals surface area contributed by atoms with E-state index in [1.165, 1.54) is 0 Å². The molecule has 0 N–H and O–H groups in total. The van der Waals surface area contributed by atoms with Crippen molar-refractivity contribution in [3.05, 3.63) is 29.8 Å². The molecule has 2 bridgehead atoms. The van der Waals surface area contributed by atoms with E-state index >= 15 is 0 Å². The van der Waals surface area contributed by atoms with Crippen molar-refractivity contribution in [2.45, 2.75) is 49.8 Å². The number of fused-ring (bicyclic) bond motifs is 2. The number of piperidine rings is 1. The molecule has 0 spiro atoms. The normalized spacial score (nSPS) is 31.6. The lowest BCUT2D eigenvalue weighted by Gasteiger charge is -2.31. The van der Waals surface area contributed by atoms with E-state index in [1.54, 1.807) is 16.4 Å². The van der Waals surface area contributed by atoms with Crippen molar-refractivity contribution in [2.24, 2.45) is 0 Å². The van der Waals surface area contributed by atoms with Crippen molar-refractivity contribution >= 4 is 10.0 Å². The summed E-state index contributed by atoms with van der Waals surface area (Å²) in [6.45, 7) is 4.48. The molecule has 3 rings (SSSR count). The highest BCUT2D eigenvalue weighted by molar-refractivity contribution is 7.89. The van der Waals surface area contributed by atoms with Crippen LogP contribution in [0.25, 0.3) is 0 Å². The highest BCUT2D eigenvalue weighted by Crippen LogP contribution is 2.35. The van der Waals surface area contributed by atoms with E-state index in [0.29, 0.717) is 11.4 Å². The van der Waals surface area contributed by atoms with Crippen molar-refractivity contribution in [1.29, 1.82) is 0 Å². The van der Waals surface area contributed by atoms with Gasteiger partial charge in [0.1, 0.15) is 0 Å². The van der Waals surface area contributed by atoms with E-state index in [-0.39, 0.29) is 18.2 Å². The standard InChI is InChI=1S/C14H19NO3S/c1-10-3-5-13(6-4-10)19(16,17)15-8-7-12-9-14(15)11(2)18-12/h3-6,11-12,14H,7-9H2,1-2H3/t11-,12-,14+/m1/s1. The zero-order valence-electron chi connectivity index (χ0n) is 11.2. The van der Waals surface area contributed by atoms with Crippen LogP contribution < -0.4 is 0 Å². The molecule has 2 aliphatic rings. The SMILES string of the molecule is Cc1ccc(S(=O)(=O)N2CC[C@@H]3C[C@H]2[C@@H](C)O3)cc1. The average Bonchev–Trinajstić information content (AvgIpc) is 2.65. The maximum Gasteiger partial charge on any atom is 0.243 e. The third-order valence-corrected chi connectivity index (χ3v) is 6.06. The Hall–Kier alpha value is -0.910. The number of hydrogen-bond acceptors (Lipinski definition) is 3. The van der Waals surface area contributed by atoms with E-state index in [0.717, 1.165) is 18.4 Å². The summed E-state index contributed by atoms with van der Waals surface area (Å²) in [4.78, 5) is 0.385. The molecule has 0 aliphatic carbocycles. The first-order valence-corrected chi connectivity index (χ1v) is 8.16. The molecule has 104 valence electrons. The van der Waals surface area contributed by atoms with Crippen molar-refractivity contribution in [1.82, 2.24) is 4.31 Å². The summed E-state index contributed by atoms with van der Waals surface area (Å²) in [7, 11) is -3.39. The van der Waals surface area contributed by atoms with E-state index < -0.39 is 10.0 Å². The van der Waals surface area contributed by atoms with Gasteiger partial charge in [0, 0.05) is 6.54 Å². The Kier molecular flexibility index (Phi) is 3.15. The molecule has 2 saturated heterocycles. The van der Waals surface area contributed by atoms with Crippen LogP contribution in [0.2, 0.25) is 0 Å². The minimum atomic E-state index is -3.39. The predicted molar refractivity (Wildman–Crippen MR) is 72.4 cm³/mol. The van der Waals surface area contributed by atoms with Crippen molar-refractivity contribution in [3.63, 3.8) is 0 Å². The van der Waals surface area contributed by atoms with Gasteiger partial charge in [-0.25, -0.2) is 8.42 Å². The van der Waals surface area contributed by atoms with Crippen molar-refractivity contribution in [2.75, 3.05) is 6.54 Å². The smallest absolute Gasteiger partial charge is 0.243 e. The molecule has 19 heavy (non-hydrogen) atoms. The number of sulfonamides is 1. The molecule has 3 atom stereocenters. The third kappa shape index (κ3) is 2.20. The minimum absolute atomic E-state index is 0.00674. The number of ether oxygens (including phenoxy) is 1. The summed E-state index contributed by atoms with van der Waals surface area (Å²) in [6, 6.07) is 7.06. The van der Waals surface area contributed by atoms with Gasteiger partial charge in [0.05, 0.1) is 23.1 Å². The lowest BCUT2D eigenvalue weighted by molar-refractivity contribution is 0.0569. The van der Waals surface area contributed by atoms with Gasteiger partial charge in [-0.05, 0) is 38.8 Å². The summed E-state index contributed by atoms with van der Waals surface area (Å²) in [5, 5.41) is 0. The number of aryl methyl sites for hydroxylation is 1. The zero-order valence-corrected chi connectivity index (χ0v) is 12.1. The molecule has 0 radical (unpaired) electrons. The van der Waals surface area contributed by atoms with Crippen LogP contribution in [-0.2, 0) is 14.8 Å². The van der Waals surface area contributed by atoms with Gasteiger partial charge in [-0.3, -0.25) is 0 Å². The van der Waals surface area contributed by atoms with Crippen LogP contribution in [0.15, 0.2) is 29.2 Å². The Balaban J connectivity index is 1.94. The molecule has 0 saturated carbocycles. The quantitative estimate of drug-likeness (QED) is 0.832. The topological polar surface area (TPSA) is 46.6 Å². The summed E-state index contributed by atoms with van der Waals surface area (Å²) >= 11 is 0. The Morgan fingerprint density at radius 1 is 1.26 bits per heavy atom. The van der Waals surface area contributed by atoms with Crippen LogP contribution in [0.1, 0.15) is 25.3 Å². The van der Waals surface area contributed by atoms with Gasteiger partial charge >= 0.3 is 0 Å². The van der Waals surface area contributed by atoms with E-state index in [1.807, 2.05) is 26.0 Å². The fraction of sp³-hybridized carbons (Fsp3) is 0.571. The van der Waals surface area contributed by atoms with Crippen LogP contribution in [-0.4, -0.2) is 37.5 Å². The van der Waals surface area contributed by atoms with Gasteiger partial charge in [-0.1, -0.05) is 17.7 Å². The Labute approximate surface area is 114 Å². The van der Waals surface area contributed by atoms with Crippen molar-refractivity contribution < 1.29 is 13.2 Å². The fourth-order valence-corrected chi connectivity index (χ4v) is 4.74. The first-order chi connectivity index (χ1) is 8.98. The van der Waals surface area contributed by atoms with Gasteiger partial charge in [0.2, 0.25) is 10.0 Å². The third-order valence-electron chi connectivity index (χ3n) is 4.12. The van der Waals surface area contributed by atoms with Gasteiger partial charge in [0.15, 0.2) is 0 Å². The lowest BCUT2D eigenvalue weighted by Crippen LogP contribution is -2.46. The zero-order chi connectivity index (χ0) is 13.6. The van der Waals surface area contributed by atoms with E-state index in [9.17, 15) is 8.42 Å². The first kappa shape index (κ1) is 13.1. The van der Waals surface area contributed by atoms with Crippen LogP contribution in [0, 0.1) is 6.92 Å². The average molecular weight is 281 g/mol. The van der Waals surface area contributed by atoms with Crippen molar-refractivity contribution in [3.8, 4) is 0 Å². The number of benzene rings is 1. The molecule has 2 fully saturated rings. The van der Waals surface area contributed by atoms with Gasteiger partial charge < -0.3 is 4.74 Å². The molecule has 5 heteroatoms. The number of hydrogen-bond donors (Lipinski definition) is 0. The fourth-order valence-electron chi connectivity index (χ4n) is 3.03. The minimum Gasteiger partial charge on any atom is -0.373 e. The van der Waals surface area contributed by atoms with Crippen LogP contribution >= 0.6 is 0 Å².